The van der Waals surface area contributed by atoms with E-state index < -0.39 is 0 Å². The zero-order valence-corrected chi connectivity index (χ0v) is 10.4. The number of thioether (sulfide) groups is 1. The van der Waals surface area contributed by atoms with Gasteiger partial charge in [0.15, 0.2) is 17.3 Å². The van der Waals surface area contributed by atoms with Crippen molar-refractivity contribution in [2.75, 3.05) is 25.6 Å². The highest BCUT2D eigenvalue weighted by atomic mass is 32.2. The lowest BCUT2D eigenvalue weighted by Gasteiger charge is -2.13. The fraction of sp³-hybridized carbons (Fsp3) is 0.333. The molecule has 1 saturated heterocycles. The maximum absolute atomic E-state index is 12.0. The third-order valence-electron chi connectivity index (χ3n) is 2.87. The van der Waals surface area contributed by atoms with Crippen molar-refractivity contribution in [3.8, 4) is 11.5 Å². The molecule has 0 atom stereocenters. The molecule has 0 aromatic heterocycles. The Kier molecular flexibility index (Phi) is 2.87. The molecular formula is C12H11NO4S. The Morgan fingerprint density at radius 1 is 1.33 bits per heavy atom. The van der Waals surface area contributed by atoms with E-state index in [0.717, 1.165) is 5.75 Å². The molecule has 2 heterocycles. The summed E-state index contributed by atoms with van der Waals surface area (Å²) in [6.45, 7) is 0.958. The minimum absolute atomic E-state index is 0.0240. The SMILES string of the molecule is O=C(CN1CCSC1=O)c1ccc2c(c1)OCO2. The van der Waals surface area contributed by atoms with E-state index >= 15 is 0 Å². The largest absolute Gasteiger partial charge is 0.454 e. The molecule has 5 nitrogen and oxygen atoms in total. The van der Waals surface area contributed by atoms with Crippen molar-refractivity contribution in [1.29, 1.82) is 0 Å². The van der Waals surface area contributed by atoms with Gasteiger partial charge in [-0.1, -0.05) is 11.8 Å². The predicted octanol–water partition coefficient (Wildman–Crippen LogP) is 1.77. The molecule has 0 radical (unpaired) electrons. The van der Waals surface area contributed by atoms with Crippen LogP contribution in [-0.4, -0.2) is 41.6 Å². The van der Waals surface area contributed by atoms with Crippen LogP contribution in [0.25, 0.3) is 0 Å². The van der Waals surface area contributed by atoms with Gasteiger partial charge in [0.05, 0.1) is 6.54 Å². The van der Waals surface area contributed by atoms with Gasteiger partial charge in [0.25, 0.3) is 5.24 Å². The number of ketones is 1. The van der Waals surface area contributed by atoms with Crippen molar-refractivity contribution in [3.63, 3.8) is 0 Å². The first-order valence-electron chi connectivity index (χ1n) is 5.58. The van der Waals surface area contributed by atoms with Gasteiger partial charge in [-0.05, 0) is 18.2 Å². The van der Waals surface area contributed by atoms with E-state index in [4.69, 9.17) is 9.47 Å². The molecule has 0 bridgehead atoms. The Bertz CT molecular complexity index is 517. The molecule has 0 spiro atoms. The molecule has 0 aliphatic carbocycles. The summed E-state index contributed by atoms with van der Waals surface area (Å²) in [5.74, 6) is 1.92. The standard InChI is InChI=1S/C12H11NO4S/c14-9(6-13-3-4-18-12(13)15)8-1-2-10-11(5-8)17-7-16-10/h1-2,5H,3-4,6-7H2. The Balaban J connectivity index is 1.74. The molecule has 1 fully saturated rings. The van der Waals surface area contributed by atoms with Gasteiger partial charge in [0.2, 0.25) is 6.79 Å². The molecule has 1 amide bonds. The van der Waals surface area contributed by atoms with E-state index in [1.165, 1.54) is 11.8 Å². The van der Waals surface area contributed by atoms with E-state index in [1.54, 1.807) is 23.1 Å². The van der Waals surface area contributed by atoms with Crippen molar-refractivity contribution in [2.24, 2.45) is 0 Å². The molecule has 0 N–H and O–H groups in total. The van der Waals surface area contributed by atoms with Gasteiger partial charge < -0.3 is 14.4 Å². The second-order valence-electron chi connectivity index (χ2n) is 4.03. The second-order valence-corrected chi connectivity index (χ2v) is 5.07. The van der Waals surface area contributed by atoms with Gasteiger partial charge in [-0.3, -0.25) is 9.59 Å². The molecule has 0 unspecified atom stereocenters. The predicted molar refractivity (Wildman–Crippen MR) is 66.3 cm³/mol. The van der Waals surface area contributed by atoms with Gasteiger partial charge in [-0.25, -0.2) is 0 Å². The van der Waals surface area contributed by atoms with Crippen molar-refractivity contribution in [1.82, 2.24) is 4.90 Å². The van der Waals surface area contributed by atoms with E-state index in [2.05, 4.69) is 0 Å². The summed E-state index contributed by atoms with van der Waals surface area (Å²) >= 11 is 1.25. The van der Waals surface area contributed by atoms with Gasteiger partial charge in [0, 0.05) is 17.9 Å². The second kappa shape index (κ2) is 4.53. The average Bonchev–Trinajstić information content (AvgIpc) is 2.98. The highest BCUT2D eigenvalue weighted by Gasteiger charge is 2.24. The number of hydrogen-bond donors (Lipinski definition) is 0. The highest BCUT2D eigenvalue weighted by molar-refractivity contribution is 8.13. The first-order valence-corrected chi connectivity index (χ1v) is 6.57. The zero-order valence-electron chi connectivity index (χ0n) is 9.55. The number of hydrogen-bond acceptors (Lipinski definition) is 5. The molecule has 6 heteroatoms. The fourth-order valence-corrected chi connectivity index (χ4v) is 2.73. The summed E-state index contributed by atoms with van der Waals surface area (Å²) in [5.41, 5.74) is 0.545. The molecule has 2 aliphatic heterocycles. The molecule has 94 valence electrons. The first-order chi connectivity index (χ1) is 8.74. The summed E-state index contributed by atoms with van der Waals surface area (Å²) in [6, 6.07) is 5.08. The van der Waals surface area contributed by atoms with E-state index in [9.17, 15) is 9.59 Å². The van der Waals surface area contributed by atoms with Crippen LogP contribution in [0.3, 0.4) is 0 Å². The van der Waals surface area contributed by atoms with E-state index in [1.807, 2.05) is 0 Å². The number of ether oxygens (including phenoxy) is 2. The first kappa shape index (κ1) is 11.4. The number of carbonyl (C=O) groups excluding carboxylic acids is 2. The molecule has 3 rings (SSSR count). The average molecular weight is 265 g/mol. The minimum Gasteiger partial charge on any atom is -0.454 e. The monoisotopic (exact) mass is 265 g/mol. The van der Waals surface area contributed by atoms with Crippen LogP contribution in [0.5, 0.6) is 11.5 Å². The smallest absolute Gasteiger partial charge is 0.282 e. The Labute approximate surface area is 108 Å². The van der Waals surface area contributed by atoms with E-state index in [-0.39, 0.29) is 24.4 Å². The van der Waals surface area contributed by atoms with Crippen molar-refractivity contribution in [2.45, 2.75) is 0 Å². The van der Waals surface area contributed by atoms with Crippen LogP contribution < -0.4 is 9.47 Å². The zero-order chi connectivity index (χ0) is 12.5. The number of nitrogens with zero attached hydrogens (tertiary/aromatic N) is 1. The number of carbonyl (C=O) groups is 2. The summed E-state index contributed by atoms with van der Waals surface area (Å²) in [4.78, 5) is 25.0. The minimum atomic E-state index is -0.0795. The van der Waals surface area contributed by atoms with Crippen LogP contribution >= 0.6 is 11.8 Å². The molecule has 1 aromatic rings. The lowest BCUT2D eigenvalue weighted by molar-refractivity contribution is 0.0955. The van der Waals surface area contributed by atoms with Gasteiger partial charge in [-0.15, -0.1) is 0 Å². The maximum atomic E-state index is 12.0. The number of fused-ring (bicyclic) bond motifs is 1. The molecule has 2 aliphatic rings. The van der Waals surface area contributed by atoms with Crippen LogP contribution in [0.2, 0.25) is 0 Å². The summed E-state index contributed by atoms with van der Waals surface area (Å²) < 4.78 is 10.4. The third-order valence-corrected chi connectivity index (χ3v) is 3.77. The quantitative estimate of drug-likeness (QED) is 0.779. The van der Waals surface area contributed by atoms with Gasteiger partial charge in [-0.2, -0.15) is 0 Å². The Morgan fingerprint density at radius 2 is 2.17 bits per heavy atom. The number of benzene rings is 1. The normalized spacial score (nSPS) is 17.3. The molecule has 0 saturated carbocycles. The summed E-state index contributed by atoms with van der Waals surface area (Å²) in [7, 11) is 0. The molecular weight excluding hydrogens is 254 g/mol. The topological polar surface area (TPSA) is 55.8 Å². The molecule has 18 heavy (non-hydrogen) atoms. The van der Waals surface area contributed by atoms with Crippen LogP contribution in [0.15, 0.2) is 18.2 Å². The van der Waals surface area contributed by atoms with Crippen molar-refractivity contribution >= 4 is 22.8 Å². The van der Waals surface area contributed by atoms with Crippen LogP contribution in [0, 0.1) is 0 Å². The molecule has 1 aromatic carbocycles. The van der Waals surface area contributed by atoms with Crippen molar-refractivity contribution in [3.05, 3.63) is 23.8 Å². The lowest BCUT2D eigenvalue weighted by Crippen LogP contribution is -2.29. The number of amides is 1. The Morgan fingerprint density at radius 3 is 2.94 bits per heavy atom. The highest BCUT2D eigenvalue weighted by Crippen LogP contribution is 2.32. The summed E-state index contributed by atoms with van der Waals surface area (Å²) in [6.07, 6.45) is 0. The van der Waals surface area contributed by atoms with Gasteiger partial charge in [0.1, 0.15) is 0 Å². The third kappa shape index (κ3) is 2.03. The fourth-order valence-electron chi connectivity index (χ4n) is 1.90. The number of rotatable bonds is 3. The maximum Gasteiger partial charge on any atom is 0.282 e. The van der Waals surface area contributed by atoms with Crippen molar-refractivity contribution < 1.29 is 19.1 Å². The lowest BCUT2D eigenvalue weighted by atomic mass is 10.1. The van der Waals surface area contributed by atoms with Crippen LogP contribution in [0.4, 0.5) is 4.79 Å². The summed E-state index contributed by atoms with van der Waals surface area (Å²) in [5, 5.41) is -0.0240. The van der Waals surface area contributed by atoms with E-state index in [0.29, 0.717) is 23.6 Å². The Hall–Kier alpha value is -1.69. The van der Waals surface area contributed by atoms with Crippen LogP contribution in [-0.2, 0) is 0 Å². The number of Topliss-reactive ketones (excluding diaryl/α,β-unsaturated/α-hetero) is 1. The van der Waals surface area contributed by atoms with Crippen LogP contribution in [0.1, 0.15) is 10.4 Å². The van der Waals surface area contributed by atoms with Gasteiger partial charge >= 0.3 is 0 Å².